The zero-order chi connectivity index (χ0) is 14.1. The van der Waals surface area contributed by atoms with E-state index in [1.165, 1.54) is 4.90 Å². The predicted octanol–water partition coefficient (Wildman–Crippen LogP) is 1.44. The van der Waals surface area contributed by atoms with Crippen molar-refractivity contribution in [3.8, 4) is 11.5 Å². The van der Waals surface area contributed by atoms with Gasteiger partial charge < -0.3 is 24.1 Å². The molecule has 0 aromatic heterocycles. The van der Waals surface area contributed by atoms with Crippen LogP contribution in [0.15, 0.2) is 18.2 Å². The van der Waals surface area contributed by atoms with Gasteiger partial charge in [0, 0.05) is 6.07 Å². The minimum atomic E-state index is -1.49. The van der Waals surface area contributed by atoms with Crippen molar-refractivity contribution in [1.29, 1.82) is 0 Å². The lowest BCUT2D eigenvalue weighted by Crippen LogP contribution is -2.26. The van der Waals surface area contributed by atoms with Crippen LogP contribution in [0.4, 0.5) is 15.3 Å². The Bertz CT molecular complexity index is 559. The van der Waals surface area contributed by atoms with E-state index in [1.807, 2.05) is 0 Å². The third-order valence-electron chi connectivity index (χ3n) is 2.85. The number of anilines is 1. The standard InChI is InChI=1S/C12H11NO7/c14-11-13(6-10(19-11)20-12(15)16)7-1-2-8-9(5-7)18-4-3-17-8/h1-2,5,10H,3-4,6H2,(H,15,16)/t10-/m0/s1. The summed E-state index contributed by atoms with van der Waals surface area (Å²) in [4.78, 5) is 23.4. The first-order valence-electron chi connectivity index (χ1n) is 5.91. The van der Waals surface area contributed by atoms with Crippen molar-refractivity contribution in [3.05, 3.63) is 18.2 Å². The van der Waals surface area contributed by atoms with Gasteiger partial charge in [-0.2, -0.15) is 0 Å². The Balaban J connectivity index is 1.79. The molecule has 1 aromatic rings. The Kier molecular flexibility index (Phi) is 2.97. The number of fused-ring (bicyclic) bond motifs is 1. The van der Waals surface area contributed by atoms with Gasteiger partial charge in [0.15, 0.2) is 11.5 Å². The lowest BCUT2D eigenvalue weighted by atomic mass is 10.2. The minimum absolute atomic E-state index is 0.00915. The second-order valence-electron chi connectivity index (χ2n) is 4.14. The zero-order valence-corrected chi connectivity index (χ0v) is 10.3. The van der Waals surface area contributed by atoms with Crippen molar-refractivity contribution in [3.63, 3.8) is 0 Å². The number of cyclic esters (lactones) is 1. The molecule has 2 aliphatic rings. The maximum Gasteiger partial charge on any atom is 0.508 e. The number of hydrogen-bond donors (Lipinski definition) is 1. The van der Waals surface area contributed by atoms with Crippen LogP contribution in [0, 0.1) is 0 Å². The van der Waals surface area contributed by atoms with E-state index in [0.717, 1.165) is 0 Å². The fourth-order valence-corrected chi connectivity index (χ4v) is 2.02. The average Bonchev–Trinajstić information content (AvgIpc) is 2.78. The molecule has 2 aliphatic heterocycles. The molecule has 20 heavy (non-hydrogen) atoms. The van der Waals surface area contributed by atoms with Crippen LogP contribution in [0.1, 0.15) is 0 Å². The van der Waals surface area contributed by atoms with Crippen LogP contribution >= 0.6 is 0 Å². The summed E-state index contributed by atoms with van der Waals surface area (Å²) in [6, 6.07) is 4.99. The predicted molar refractivity (Wildman–Crippen MR) is 64.2 cm³/mol. The topological polar surface area (TPSA) is 94.5 Å². The number of amides is 1. The first-order valence-corrected chi connectivity index (χ1v) is 5.91. The lowest BCUT2D eigenvalue weighted by molar-refractivity contribution is -0.0491. The fraction of sp³-hybridized carbons (Fsp3) is 0.333. The molecule has 106 valence electrons. The van der Waals surface area contributed by atoms with Crippen LogP contribution in [0.5, 0.6) is 11.5 Å². The highest BCUT2D eigenvalue weighted by Gasteiger charge is 2.35. The SMILES string of the molecule is O=C(O)O[C@H]1CN(c2ccc3c(c2)OCCO3)C(=O)O1. The van der Waals surface area contributed by atoms with Gasteiger partial charge in [0.1, 0.15) is 19.8 Å². The van der Waals surface area contributed by atoms with Gasteiger partial charge in [0.05, 0.1) is 5.69 Å². The first-order chi connectivity index (χ1) is 9.63. The largest absolute Gasteiger partial charge is 0.508 e. The summed E-state index contributed by atoms with van der Waals surface area (Å²) in [6.07, 6.45) is -3.30. The summed E-state index contributed by atoms with van der Waals surface area (Å²) < 4.78 is 20.0. The van der Waals surface area contributed by atoms with E-state index in [1.54, 1.807) is 18.2 Å². The minimum Gasteiger partial charge on any atom is -0.486 e. The molecule has 0 bridgehead atoms. The summed E-state index contributed by atoms with van der Waals surface area (Å²) in [5.74, 6) is 1.13. The molecule has 0 radical (unpaired) electrons. The van der Waals surface area contributed by atoms with E-state index in [4.69, 9.17) is 19.3 Å². The summed E-state index contributed by atoms with van der Waals surface area (Å²) in [6.45, 7) is 0.906. The Hall–Kier alpha value is -2.64. The number of carboxylic acid groups (broad SMARTS) is 1. The number of benzene rings is 1. The smallest absolute Gasteiger partial charge is 0.486 e. The van der Waals surface area contributed by atoms with Crippen LogP contribution in [-0.2, 0) is 9.47 Å². The van der Waals surface area contributed by atoms with E-state index >= 15 is 0 Å². The molecule has 1 atom stereocenters. The molecule has 0 unspecified atom stereocenters. The van der Waals surface area contributed by atoms with Crippen LogP contribution in [0.3, 0.4) is 0 Å². The Morgan fingerprint density at radius 1 is 1.30 bits per heavy atom. The second-order valence-corrected chi connectivity index (χ2v) is 4.14. The van der Waals surface area contributed by atoms with Gasteiger partial charge in [0.2, 0.25) is 0 Å². The summed E-state index contributed by atoms with van der Waals surface area (Å²) in [5, 5.41) is 8.51. The molecule has 0 aliphatic carbocycles. The second kappa shape index (κ2) is 4.80. The van der Waals surface area contributed by atoms with Crippen molar-refractivity contribution in [2.24, 2.45) is 0 Å². The van der Waals surface area contributed by atoms with Gasteiger partial charge in [-0.05, 0) is 12.1 Å². The van der Waals surface area contributed by atoms with Crippen LogP contribution in [0.25, 0.3) is 0 Å². The van der Waals surface area contributed by atoms with E-state index in [0.29, 0.717) is 30.4 Å². The number of ether oxygens (including phenoxy) is 4. The van der Waals surface area contributed by atoms with Crippen molar-refractivity contribution < 1.29 is 33.6 Å². The maximum absolute atomic E-state index is 11.7. The number of carbonyl (C=O) groups is 2. The monoisotopic (exact) mass is 281 g/mol. The molecular formula is C12H11NO7. The molecular weight excluding hydrogens is 270 g/mol. The Morgan fingerprint density at radius 2 is 2.05 bits per heavy atom. The zero-order valence-electron chi connectivity index (χ0n) is 10.3. The normalized spacial score (nSPS) is 20.5. The van der Waals surface area contributed by atoms with Gasteiger partial charge in [-0.3, -0.25) is 4.90 Å². The molecule has 1 N–H and O–H groups in total. The average molecular weight is 281 g/mol. The highest BCUT2D eigenvalue weighted by atomic mass is 16.8. The highest BCUT2D eigenvalue weighted by molar-refractivity contribution is 5.90. The molecule has 3 rings (SSSR count). The highest BCUT2D eigenvalue weighted by Crippen LogP contribution is 2.35. The van der Waals surface area contributed by atoms with E-state index in [9.17, 15) is 9.59 Å². The molecule has 8 nitrogen and oxygen atoms in total. The molecule has 0 spiro atoms. The van der Waals surface area contributed by atoms with Crippen molar-refractivity contribution in [2.75, 3.05) is 24.7 Å². The molecule has 8 heteroatoms. The van der Waals surface area contributed by atoms with Gasteiger partial charge >= 0.3 is 12.2 Å². The maximum atomic E-state index is 11.7. The van der Waals surface area contributed by atoms with Crippen LogP contribution in [0.2, 0.25) is 0 Å². The summed E-state index contributed by atoms with van der Waals surface area (Å²) >= 11 is 0. The van der Waals surface area contributed by atoms with E-state index < -0.39 is 18.5 Å². The van der Waals surface area contributed by atoms with Crippen molar-refractivity contribution in [2.45, 2.75) is 6.29 Å². The van der Waals surface area contributed by atoms with Crippen LogP contribution < -0.4 is 14.4 Å². The third kappa shape index (κ3) is 2.27. The summed E-state index contributed by atoms with van der Waals surface area (Å²) in [5.41, 5.74) is 0.524. The quantitative estimate of drug-likeness (QED) is 0.819. The number of carbonyl (C=O) groups excluding carboxylic acids is 1. The third-order valence-corrected chi connectivity index (χ3v) is 2.85. The molecule has 1 amide bonds. The van der Waals surface area contributed by atoms with Crippen LogP contribution in [-0.4, -0.2) is 43.4 Å². The van der Waals surface area contributed by atoms with E-state index in [2.05, 4.69) is 4.74 Å². The number of nitrogens with zero attached hydrogens (tertiary/aromatic N) is 1. The fourth-order valence-electron chi connectivity index (χ4n) is 2.02. The van der Waals surface area contributed by atoms with Gasteiger partial charge in [-0.1, -0.05) is 0 Å². The van der Waals surface area contributed by atoms with E-state index in [-0.39, 0.29) is 6.54 Å². The molecule has 2 heterocycles. The van der Waals surface area contributed by atoms with Gasteiger partial charge in [-0.25, -0.2) is 9.59 Å². The Labute approximate surface area is 113 Å². The van der Waals surface area contributed by atoms with Gasteiger partial charge in [-0.15, -0.1) is 0 Å². The van der Waals surface area contributed by atoms with Crippen molar-refractivity contribution in [1.82, 2.24) is 0 Å². The first kappa shape index (κ1) is 12.4. The summed E-state index contributed by atoms with van der Waals surface area (Å²) in [7, 11) is 0. The molecule has 1 aromatic carbocycles. The lowest BCUT2D eigenvalue weighted by Gasteiger charge is -2.20. The van der Waals surface area contributed by atoms with Gasteiger partial charge in [0.25, 0.3) is 6.29 Å². The molecule has 1 saturated heterocycles. The number of hydrogen-bond acceptors (Lipinski definition) is 6. The molecule has 0 saturated carbocycles. The molecule has 1 fully saturated rings. The Morgan fingerprint density at radius 3 is 2.80 bits per heavy atom. The number of rotatable bonds is 2. The van der Waals surface area contributed by atoms with Crippen molar-refractivity contribution >= 4 is 17.9 Å².